The molecule has 0 bridgehead atoms. The summed E-state index contributed by atoms with van der Waals surface area (Å²) in [7, 11) is -5.17. The molecule has 0 aliphatic heterocycles. The second kappa shape index (κ2) is 9.39. The van der Waals surface area contributed by atoms with Crippen molar-refractivity contribution in [2.75, 3.05) is 0 Å². The summed E-state index contributed by atoms with van der Waals surface area (Å²) in [4.78, 5) is 0. The van der Waals surface area contributed by atoms with Gasteiger partial charge in [-0.25, -0.2) is 0 Å². The molecule has 0 aromatic carbocycles. The largest absolute Gasteiger partial charge is 1.00 e. The van der Waals surface area contributed by atoms with Crippen LogP contribution in [0.2, 0.25) is 0 Å². The fraction of sp³-hybridized carbons (Fsp3) is 0. The summed E-state index contributed by atoms with van der Waals surface area (Å²) in [5.74, 6) is 0. The molecule has 0 atom stereocenters. The van der Waals surface area contributed by atoms with E-state index >= 15 is 0 Å². The number of hydrogen-bond acceptors (Lipinski definition) is 4. The molecule has 0 amide bonds. The van der Waals surface area contributed by atoms with Crippen molar-refractivity contribution in [1.29, 1.82) is 0 Å². The molecule has 4 nitrogen and oxygen atoms in total. The van der Waals surface area contributed by atoms with Gasteiger partial charge in [0.1, 0.15) is 0 Å². The van der Waals surface area contributed by atoms with Crippen molar-refractivity contribution in [1.82, 2.24) is 0 Å². The van der Waals surface area contributed by atoms with Gasteiger partial charge in [0.15, 0.2) is 0 Å². The predicted octanol–water partition coefficient (Wildman–Crippen LogP) is -7.33. The van der Waals surface area contributed by atoms with Crippen LogP contribution < -0.4 is 59.1 Å². The maximum atomic E-state index is 8.52. The van der Waals surface area contributed by atoms with Gasteiger partial charge in [-0.2, -0.15) is 0 Å². The molecular formula is FeNa2O4S. The summed E-state index contributed by atoms with van der Waals surface area (Å²) in [5.41, 5.74) is 0. The van der Waals surface area contributed by atoms with Gasteiger partial charge in [-0.3, -0.25) is 8.42 Å². The molecular weight excluding hydrogens is 198 g/mol. The zero-order valence-corrected chi connectivity index (χ0v) is 10.3. The van der Waals surface area contributed by atoms with E-state index in [0.29, 0.717) is 0 Å². The molecule has 0 N–H and O–H groups in total. The topological polar surface area (TPSA) is 80.3 Å². The molecule has 0 fully saturated rings. The minimum absolute atomic E-state index is 0. The van der Waals surface area contributed by atoms with Crippen molar-refractivity contribution < 1.29 is 93.7 Å². The Morgan fingerprint density at radius 1 is 1.00 bits per heavy atom. The summed E-state index contributed by atoms with van der Waals surface area (Å²) < 4.78 is 34.1. The van der Waals surface area contributed by atoms with Crippen LogP contribution in [0.25, 0.3) is 0 Å². The Kier molecular flexibility index (Phi) is 26.3. The van der Waals surface area contributed by atoms with Gasteiger partial charge in [0.2, 0.25) is 0 Å². The van der Waals surface area contributed by atoms with Crippen LogP contribution in [0.1, 0.15) is 0 Å². The minimum Gasteiger partial charge on any atom is -0.759 e. The van der Waals surface area contributed by atoms with Gasteiger partial charge in [-0.15, -0.1) is 0 Å². The Labute approximate surface area is 102 Å². The fourth-order valence-corrected chi connectivity index (χ4v) is 0. The zero-order valence-electron chi connectivity index (χ0n) is 4.39. The smallest absolute Gasteiger partial charge is 0.759 e. The average molecular weight is 198 g/mol. The van der Waals surface area contributed by atoms with E-state index in [9.17, 15) is 0 Å². The summed E-state index contributed by atoms with van der Waals surface area (Å²) in [6, 6.07) is 0. The Balaban J connectivity index is -0.0000000267. The average Bonchev–Trinajstić information content (AvgIpc) is 0.722. The van der Waals surface area contributed by atoms with Crippen molar-refractivity contribution in [3.05, 3.63) is 0 Å². The Morgan fingerprint density at radius 2 is 1.00 bits per heavy atom. The Bertz CT molecular complexity index is 97.2. The molecule has 0 saturated heterocycles. The van der Waals surface area contributed by atoms with E-state index < -0.39 is 10.4 Å². The van der Waals surface area contributed by atoms with Gasteiger partial charge in [-0.05, 0) is 0 Å². The zero-order chi connectivity index (χ0) is 4.50. The van der Waals surface area contributed by atoms with Gasteiger partial charge in [0.25, 0.3) is 0 Å². The molecule has 0 heterocycles. The minimum atomic E-state index is -5.17. The van der Waals surface area contributed by atoms with Gasteiger partial charge in [0.05, 0.1) is 0 Å². The molecule has 0 aromatic heterocycles. The first-order valence-electron chi connectivity index (χ1n) is 0.667. The molecule has 0 spiro atoms. The third kappa shape index (κ3) is 80.2. The van der Waals surface area contributed by atoms with E-state index in [1.54, 1.807) is 0 Å². The van der Waals surface area contributed by atoms with Crippen LogP contribution in [0, 0.1) is 0 Å². The quantitative estimate of drug-likeness (QED) is 0.220. The van der Waals surface area contributed by atoms with E-state index in [1.807, 2.05) is 0 Å². The van der Waals surface area contributed by atoms with Crippen molar-refractivity contribution in [2.45, 2.75) is 0 Å². The van der Waals surface area contributed by atoms with Crippen LogP contribution in [0.4, 0.5) is 0 Å². The molecule has 0 rings (SSSR count). The standard InChI is InChI=1S/Fe.2Na.H2O4S/c;;;1-5(2,3)4/h;;;(H2,1,2,3,4)/q;2*+1;/p-2. The third-order valence-electron chi connectivity index (χ3n) is 0. The van der Waals surface area contributed by atoms with E-state index in [0.717, 1.165) is 0 Å². The van der Waals surface area contributed by atoms with Crippen LogP contribution in [-0.4, -0.2) is 17.5 Å². The molecule has 0 radical (unpaired) electrons. The van der Waals surface area contributed by atoms with E-state index in [4.69, 9.17) is 17.5 Å². The van der Waals surface area contributed by atoms with Crippen molar-refractivity contribution in [3.8, 4) is 0 Å². The number of hydrogen-bond donors (Lipinski definition) is 0. The summed E-state index contributed by atoms with van der Waals surface area (Å²) in [6.45, 7) is 0. The maximum absolute atomic E-state index is 8.52. The molecule has 0 aromatic rings. The summed E-state index contributed by atoms with van der Waals surface area (Å²) in [6.07, 6.45) is 0. The summed E-state index contributed by atoms with van der Waals surface area (Å²) >= 11 is 0. The second-order valence-corrected chi connectivity index (χ2v) is 1.22. The maximum Gasteiger partial charge on any atom is 1.00 e. The van der Waals surface area contributed by atoms with Crippen LogP contribution >= 0.6 is 0 Å². The Hall–Kier alpha value is 2.39. The van der Waals surface area contributed by atoms with Crippen molar-refractivity contribution in [2.24, 2.45) is 0 Å². The molecule has 0 aliphatic rings. The molecule has 40 valence electrons. The van der Waals surface area contributed by atoms with Crippen LogP contribution in [0.15, 0.2) is 0 Å². The number of rotatable bonds is 0. The van der Waals surface area contributed by atoms with Crippen molar-refractivity contribution >= 4 is 10.4 Å². The predicted molar refractivity (Wildman–Crippen MR) is 10.5 cm³/mol. The molecule has 0 aliphatic carbocycles. The first kappa shape index (κ1) is 22.4. The van der Waals surface area contributed by atoms with E-state index in [-0.39, 0.29) is 76.2 Å². The van der Waals surface area contributed by atoms with Gasteiger partial charge < -0.3 is 9.11 Å². The summed E-state index contributed by atoms with van der Waals surface area (Å²) in [5, 5.41) is 0. The normalized spacial score (nSPS) is 7.25. The molecule has 8 heteroatoms. The SMILES string of the molecule is O=S(=O)([O-])[O-].[Fe].[Na+].[Na+]. The first-order chi connectivity index (χ1) is 2.00. The van der Waals surface area contributed by atoms with Crippen LogP contribution in [-0.2, 0) is 27.5 Å². The Morgan fingerprint density at radius 3 is 1.00 bits per heavy atom. The molecule has 0 unspecified atom stereocenters. The third-order valence-corrected chi connectivity index (χ3v) is 0. The van der Waals surface area contributed by atoms with Crippen LogP contribution in [0.5, 0.6) is 0 Å². The first-order valence-corrected chi connectivity index (χ1v) is 2.00. The fourth-order valence-electron chi connectivity index (χ4n) is 0. The van der Waals surface area contributed by atoms with E-state index in [1.165, 1.54) is 0 Å². The molecule has 8 heavy (non-hydrogen) atoms. The van der Waals surface area contributed by atoms with Gasteiger partial charge >= 0.3 is 59.1 Å². The van der Waals surface area contributed by atoms with E-state index in [2.05, 4.69) is 0 Å². The van der Waals surface area contributed by atoms with Gasteiger partial charge in [-0.1, -0.05) is 0 Å². The van der Waals surface area contributed by atoms with Crippen molar-refractivity contribution in [3.63, 3.8) is 0 Å². The second-order valence-electron chi connectivity index (χ2n) is 0.408. The van der Waals surface area contributed by atoms with Crippen LogP contribution in [0.3, 0.4) is 0 Å². The van der Waals surface area contributed by atoms with Gasteiger partial charge in [0, 0.05) is 27.5 Å². The monoisotopic (exact) mass is 198 g/mol. The molecule has 0 saturated carbocycles.